The van der Waals surface area contributed by atoms with Gasteiger partial charge in [-0.1, -0.05) is 29.3 Å². The zero-order chi connectivity index (χ0) is 14.0. The Kier molecular flexibility index (Phi) is 4.08. The zero-order valence-electron chi connectivity index (χ0n) is 10.6. The number of methoxy groups -OCH3 is 1. The Hall–Kier alpha value is -1.58. The van der Waals surface area contributed by atoms with Crippen molar-refractivity contribution in [3.63, 3.8) is 0 Å². The van der Waals surface area contributed by atoms with Gasteiger partial charge in [0.05, 0.1) is 28.5 Å². The van der Waals surface area contributed by atoms with E-state index in [0.717, 1.165) is 17.0 Å². The molecule has 0 unspecified atom stereocenters. The summed E-state index contributed by atoms with van der Waals surface area (Å²) in [5.74, 6) is 0.717. The number of nitrogens with two attached hydrogens (primary N) is 1. The first-order valence-corrected chi connectivity index (χ1v) is 6.43. The number of anilines is 3. The number of nitrogens with one attached hydrogen (secondary N) is 1. The second-order valence-electron chi connectivity index (χ2n) is 4.19. The molecule has 0 aliphatic heterocycles. The summed E-state index contributed by atoms with van der Waals surface area (Å²) < 4.78 is 5.30. The highest BCUT2D eigenvalue weighted by atomic mass is 35.5. The van der Waals surface area contributed by atoms with Crippen LogP contribution < -0.4 is 15.8 Å². The molecule has 0 aliphatic rings. The molecule has 19 heavy (non-hydrogen) atoms. The Morgan fingerprint density at radius 2 is 1.74 bits per heavy atom. The monoisotopic (exact) mass is 296 g/mol. The number of nitrogen functional groups attached to an aromatic ring is 1. The molecule has 3 N–H and O–H groups in total. The fourth-order valence-electron chi connectivity index (χ4n) is 1.77. The minimum absolute atomic E-state index is 0.466. The minimum atomic E-state index is 0.466. The second kappa shape index (κ2) is 5.59. The third kappa shape index (κ3) is 3.06. The largest absolute Gasteiger partial charge is 0.495 e. The molecule has 100 valence electrons. The van der Waals surface area contributed by atoms with Gasteiger partial charge in [0, 0.05) is 5.69 Å². The van der Waals surface area contributed by atoms with Gasteiger partial charge in [-0.15, -0.1) is 0 Å². The van der Waals surface area contributed by atoms with Crippen molar-refractivity contribution in [1.82, 2.24) is 0 Å². The average molecular weight is 297 g/mol. The molecule has 0 amide bonds. The summed E-state index contributed by atoms with van der Waals surface area (Å²) in [5, 5.41) is 4.12. The van der Waals surface area contributed by atoms with Crippen LogP contribution >= 0.6 is 23.2 Å². The van der Waals surface area contributed by atoms with Gasteiger partial charge in [-0.25, -0.2) is 0 Å². The highest BCUT2D eigenvalue weighted by molar-refractivity contribution is 6.39. The van der Waals surface area contributed by atoms with Crippen molar-refractivity contribution < 1.29 is 4.74 Å². The van der Waals surface area contributed by atoms with Crippen LogP contribution in [0.5, 0.6) is 5.75 Å². The highest BCUT2D eigenvalue weighted by Gasteiger charge is 2.10. The van der Waals surface area contributed by atoms with E-state index < -0.39 is 0 Å². The molecule has 3 nitrogen and oxygen atoms in total. The average Bonchev–Trinajstić information content (AvgIpc) is 2.34. The van der Waals surface area contributed by atoms with Gasteiger partial charge in [-0.05, 0) is 36.8 Å². The first kappa shape index (κ1) is 13.8. The summed E-state index contributed by atoms with van der Waals surface area (Å²) >= 11 is 12.3. The molecule has 0 spiro atoms. The number of rotatable bonds is 3. The number of ether oxygens (including phenoxy) is 1. The van der Waals surface area contributed by atoms with Crippen molar-refractivity contribution >= 4 is 40.3 Å². The molecule has 5 heteroatoms. The van der Waals surface area contributed by atoms with Gasteiger partial charge in [0.2, 0.25) is 0 Å². The fourth-order valence-corrected chi connectivity index (χ4v) is 2.36. The Morgan fingerprint density at radius 3 is 2.32 bits per heavy atom. The van der Waals surface area contributed by atoms with Gasteiger partial charge in [0.15, 0.2) is 0 Å². The van der Waals surface area contributed by atoms with E-state index in [-0.39, 0.29) is 0 Å². The maximum atomic E-state index is 6.15. The topological polar surface area (TPSA) is 47.3 Å². The molecule has 0 fully saturated rings. The third-order valence-corrected chi connectivity index (χ3v) is 3.28. The van der Waals surface area contributed by atoms with Gasteiger partial charge in [-0.2, -0.15) is 0 Å². The van der Waals surface area contributed by atoms with Gasteiger partial charge in [0.25, 0.3) is 0 Å². The van der Waals surface area contributed by atoms with E-state index in [9.17, 15) is 0 Å². The van der Waals surface area contributed by atoms with Crippen molar-refractivity contribution in [2.45, 2.75) is 6.92 Å². The van der Waals surface area contributed by atoms with Crippen LogP contribution in [-0.2, 0) is 0 Å². The molecular weight excluding hydrogens is 283 g/mol. The van der Waals surface area contributed by atoms with Crippen LogP contribution in [-0.4, -0.2) is 7.11 Å². The van der Waals surface area contributed by atoms with Crippen LogP contribution in [0.2, 0.25) is 10.0 Å². The normalized spacial score (nSPS) is 10.3. The molecule has 2 aromatic rings. The van der Waals surface area contributed by atoms with Gasteiger partial charge in [-0.3, -0.25) is 0 Å². The summed E-state index contributed by atoms with van der Waals surface area (Å²) in [7, 11) is 1.61. The maximum Gasteiger partial charge on any atom is 0.142 e. The summed E-state index contributed by atoms with van der Waals surface area (Å²) in [5.41, 5.74) is 8.72. The van der Waals surface area contributed by atoms with Crippen molar-refractivity contribution in [1.29, 1.82) is 0 Å². The molecule has 0 aliphatic carbocycles. The van der Waals surface area contributed by atoms with Crippen LogP contribution in [0.1, 0.15) is 5.56 Å². The first-order valence-electron chi connectivity index (χ1n) is 5.67. The lowest BCUT2D eigenvalue weighted by Crippen LogP contribution is -1.97. The summed E-state index contributed by atoms with van der Waals surface area (Å²) in [6, 6.07) is 9.12. The first-order chi connectivity index (χ1) is 9.01. The molecule has 0 saturated carbocycles. The number of halogens is 2. The SMILES string of the molecule is COc1ccc(C)cc1Nc1c(Cl)cc(N)cc1Cl. The maximum absolute atomic E-state index is 6.15. The van der Waals surface area contributed by atoms with Crippen LogP contribution in [0.15, 0.2) is 30.3 Å². The smallest absolute Gasteiger partial charge is 0.142 e. The van der Waals surface area contributed by atoms with E-state index in [1.807, 2.05) is 25.1 Å². The van der Waals surface area contributed by atoms with E-state index in [0.29, 0.717) is 21.4 Å². The van der Waals surface area contributed by atoms with Crippen LogP contribution in [0.3, 0.4) is 0 Å². The van der Waals surface area contributed by atoms with E-state index in [4.69, 9.17) is 33.7 Å². The molecule has 0 atom stereocenters. The number of hydrogen-bond acceptors (Lipinski definition) is 3. The quantitative estimate of drug-likeness (QED) is 0.812. The molecule has 0 bridgehead atoms. The molecule has 0 heterocycles. The Labute approximate surface area is 122 Å². The summed E-state index contributed by atoms with van der Waals surface area (Å²) in [6.45, 7) is 2.00. The Bertz CT molecular complexity index is 591. The fraction of sp³-hybridized carbons (Fsp3) is 0.143. The minimum Gasteiger partial charge on any atom is -0.495 e. The lowest BCUT2D eigenvalue weighted by Gasteiger charge is -2.14. The molecule has 0 radical (unpaired) electrons. The Morgan fingerprint density at radius 1 is 1.11 bits per heavy atom. The predicted molar refractivity (Wildman–Crippen MR) is 81.9 cm³/mol. The second-order valence-corrected chi connectivity index (χ2v) is 5.00. The van der Waals surface area contributed by atoms with Crippen LogP contribution in [0.4, 0.5) is 17.1 Å². The summed E-state index contributed by atoms with van der Waals surface area (Å²) in [4.78, 5) is 0. The highest BCUT2D eigenvalue weighted by Crippen LogP contribution is 2.37. The zero-order valence-corrected chi connectivity index (χ0v) is 12.1. The molecule has 0 aromatic heterocycles. The molecule has 2 rings (SSSR count). The molecule has 0 saturated heterocycles. The number of hydrogen-bond donors (Lipinski definition) is 2. The van der Waals surface area contributed by atoms with E-state index in [1.54, 1.807) is 19.2 Å². The molecule has 2 aromatic carbocycles. The van der Waals surface area contributed by atoms with Crippen LogP contribution in [0.25, 0.3) is 0 Å². The van der Waals surface area contributed by atoms with Gasteiger partial charge < -0.3 is 15.8 Å². The summed E-state index contributed by atoms with van der Waals surface area (Å²) in [6.07, 6.45) is 0. The third-order valence-electron chi connectivity index (χ3n) is 2.68. The van der Waals surface area contributed by atoms with Crippen molar-refractivity contribution in [3.05, 3.63) is 45.9 Å². The number of benzene rings is 2. The van der Waals surface area contributed by atoms with Crippen molar-refractivity contribution in [2.24, 2.45) is 0 Å². The number of aryl methyl sites for hydroxylation is 1. The van der Waals surface area contributed by atoms with Gasteiger partial charge in [0.1, 0.15) is 5.75 Å². The Balaban J connectivity index is 2.44. The standard InChI is InChI=1S/C14H14Cl2N2O/c1-8-3-4-13(19-2)12(5-8)18-14-10(15)6-9(17)7-11(14)16/h3-7,18H,17H2,1-2H3. The predicted octanol–water partition coefficient (Wildman–Crippen LogP) is 4.64. The molecular formula is C14H14Cl2N2O. The lowest BCUT2D eigenvalue weighted by atomic mass is 10.2. The van der Waals surface area contributed by atoms with E-state index in [1.165, 1.54) is 0 Å². The van der Waals surface area contributed by atoms with Crippen molar-refractivity contribution in [2.75, 3.05) is 18.2 Å². The van der Waals surface area contributed by atoms with E-state index in [2.05, 4.69) is 5.32 Å². The lowest BCUT2D eigenvalue weighted by molar-refractivity contribution is 0.416. The van der Waals surface area contributed by atoms with E-state index >= 15 is 0 Å². The van der Waals surface area contributed by atoms with Crippen molar-refractivity contribution in [3.8, 4) is 5.75 Å². The van der Waals surface area contributed by atoms with Gasteiger partial charge >= 0.3 is 0 Å². The van der Waals surface area contributed by atoms with Crippen LogP contribution in [0, 0.1) is 6.92 Å².